The van der Waals surface area contributed by atoms with Crippen LogP contribution in [0.2, 0.25) is 0 Å². The van der Waals surface area contributed by atoms with E-state index in [-0.39, 0.29) is 18.0 Å². The van der Waals surface area contributed by atoms with Crippen LogP contribution in [0.4, 0.5) is 14.5 Å². The Morgan fingerprint density at radius 1 is 1.30 bits per heavy atom. The molecule has 0 heterocycles. The van der Waals surface area contributed by atoms with E-state index in [0.717, 1.165) is 37.8 Å². The van der Waals surface area contributed by atoms with Gasteiger partial charge in [-0.25, -0.2) is 8.78 Å². The van der Waals surface area contributed by atoms with Gasteiger partial charge in [0.05, 0.1) is 11.3 Å². The molecular formula is C17H24F2N2O2. The average molecular weight is 326 g/mol. The Labute approximate surface area is 135 Å². The van der Waals surface area contributed by atoms with E-state index < -0.39 is 17.2 Å². The molecule has 0 atom stereocenters. The third-order valence-corrected chi connectivity index (χ3v) is 4.42. The molecule has 23 heavy (non-hydrogen) atoms. The van der Waals surface area contributed by atoms with Crippen molar-refractivity contribution in [2.45, 2.75) is 44.1 Å². The highest BCUT2D eigenvalue weighted by Gasteiger charge is 2.30. The molecule has 1 amide bonds. The molecule has 0 aliphatic heterocycles. The molecule has 1 aliphatic rings. The third kappa shape index (κ3) is 5.55. The summed E-state index contributed by atoms with van der Waals surface area (Å²) in [5.74, 6) is -1.78. The first-order valence-corrected chi connectivity index (χ1v) is 8.04. The summed E-state index contributed by atoms with van der Waals surface area (Å²) in [6.45, 7) is 1.24. The number of hydrogen-bond donors (Lipinski definition) is 2. The van der Waals surface area contributed by atoms with Gasteiger partial charge < -0.3 is 15.3 Å². The summed E-state index contributed by atoms with van der Waals surface area (Å²) in [6.07, 6.45) is 4.78. The molecule has 6 heteroatoms. The number of aliphatic hydroxyl groups is 1. The van der Waals surface area contributed by atoms with Crippen LogP contribution in [-0.2, 0) is 4.79 Å². The Balaban J connectivity index is 1.71. The fourth-order valence-electron chi connectivity index (χ4n) is 2.89. The zero-order chi connectivity index (χ0) is 16.9. The highest BCUT2D eigenvalue weighted by molar-refractivity contribution is 5.90. The van der Waals surface area contributed by atoms with Gasteiger partial charge in [0.2, 0.25) is 5.91 Å². The number of hydrogen-bond acceptors (Lipinski definition) is 3. The molecule has 4 nitrogen and oxygen atoms in total. The first-order valence-electron chi connectivity index (χ1n) is 8.04. The van der Waals surface area contributed by atoms with Crippen LogP contribution in [0, 0.1) is 11.6 Å². The summed E-state index contributed by atoms with van der Waals surface area (Å²) < 4.78 is 26.3. The van der Waals surface area contributed by atoms with E-state index in [4.69, 9.17) is 0 Å². The Hall–Kier alpha value is -1.53. The van der Waals surface area contributed by atoms with Gasteiger partial charge in [-0.05, 0) is 38.4 Å². The maximum atomic E-state index is 13.5. The van der Waals surface area contributed by atoms with Crippen LogP contribution in [0.3, 0.4) is 0 Å². The molecule has 2 rings (SSSR count). The maximum Gasteiger partial charge on any atom is 0.225 e. The summed E-state index contributed by atoms with van der Waals surface area (Å²) in [6, 6.07) is 3.05. The minimum absolute atomic E-state index is 0.0145. The van der Waals surface area contributed by atoms with E-state index in [1.54, 1.807) is 0 Å². The third-order valence-electron chi connectivity index (χ3n) is 4.42. The van der Waals surface area contributed by atoms with Crippen LogP contribution >= 0.6 is 0 Å². The van der Waals surface area contributed by atoms with Gasteiger partial charge in [0.1, 0.15) is 11.6 Å². The molecule has 0 aromatic heterocycles. The van der Waals surface area contributed by atoms with Gasteiger partial charge in [0.15, 0.2) is 0 Å². The monoisotopic (exact) mass is 326 g/mol. The highest BCUT2D eigenvalue weighted by Crippen LogP contribution is 2.32. The molecule has 0 spiro atoms. The van der Waals surface area contributed by atoms with E-state index >= 15 is 0 Å². The maximum absolute atomic E-state index is 13.5. The van der Waals surface area contributed by atoms with Gasteiger partial charge >= 0.3 is 0 Å². The Kier molecular flexibility index (Phi) is 6.07. The van der Waals surface area contributed by atoms with Crippen LogP contribution in [0.15, 0.2) is 18.2 Å². The first-order chi connectivity index (χ1) is 10.9. The number of benzene rings is 1. The van der Waals surface area contributed by atoms with Gasteiger partial charge in [-0.3, -0.25) is 4.79 Å². The Morgan fingerprint density at radius 2 is 2.00 bits per heavy atom. The zero-order valence-corrected chi connectivity index (χ0v) is 13.4. The number of anilines is 1. The van der Waals surface area contributed by atoms with E-state index in [1.807, 2.05) is 11.9 Å². The van der Waals surface area contributed by atoms with Gasteiger partial charge in [-0.1, -0.05) is 12.8 Å². The van der Waals surface area contributed by atoms with Crippen molar-refractivity contribution in [3.05, 3.63) is 29.8 Å². The van der Waals surface area contributed by atoms with Crippen molar-refractivity contribution < 1.29 is 18.7 Å². The minimum Gasteiger partial charge on any atom is -0.390 e. The van der Waals surface area contributed by atoms with E-state index in [9.17, 15) is 18.7 Å². The van der Waals surface area contributed by atoms with Gasteiger partial charge in [-0.2, -0.15) is 0 Å². The number of carbonyl (C=O) groups is 1. The molecule has 0 unspecified atom stereocenters. The van der Waals surface area contributed by atoms with Crippen LogP contribution in [0.25, 0.3) is 0 Å². The molecule has 1 saturated carbocycles. The largest absolute Gasteiger partial charge is 0.390 e. The number of nitrogens with one attached hydrogen (secondary N) is 1. The second-order valence-corrected chi connectivity index (χ2v) is 6.41. The molecular weight excluding hydrogens is 302 g/mol. The average Bonchev–Trinajstić information content (AvgIpc) is 2.93. The number of halogens is 2. The number of rotatable bonds is 7. The fraction of sp³-hybridized carbons (Fsp3) is 0.588. The van der Waals surface area contributed by atoms with Crippen LogP contribution in [-0.4, -0.2) is 41.7 Å². The predicted molar refractivity (Wildman–Crippen MR) is 85.1 cm³/mol. The Bertz CT molecular complexity index is 545. The Morgan fingerprint density at radius 3 is 2.65 bits per heavy atom. The summed E-state index contributed by atoms with van der Waals surface area (Å²) in [7, 11) is 1.89. The van der Waals surface area contributed by atoms with E-state index in [0.29, 0.717) is 19.5 Å². The zero-order valence-electron chi connectivity index (χ0n) is 13.4. The summed E-state index contributed by atoms with van der Waals surface area (Å²) >= 11 is 0. The normalized spacial score (nSPS) is 16.7. The van der Waals surface area contributed by atoms with Crippen LogP contribution < -0.4 is 5.32 Å². The molecule has 1 aromatic carbocycles. The van der Waals surface area contributed by atoms with Crippen molar-refractivity contribution >= 4 is 11.6 Å². The van der Waals surface area contributed by atoms with Crippen molar-refractivity contribution in [2.75, 3.05) is 25.5 Å². The molecule has 1 fully saturated rings. The number of carbonyl (C=O) groups excluding carboxylic acids is 1. The lowest BCUT2D eigenvalue weighted by Gasteiger charge is -2.25. The summed E-state index contributed by atoms with van der Waals surface area (Å²) in [5.41, 5.74) is -0.562. The topological polar surface area (TPSA) is 52.6 Å². The standard InChI is InChI=1S/C17H24F2N2O2/c1-21(11-9-17(23)7-2-3-8-17)10-6-16(22)20-15-5-4-13(18)12-14(15)19/h4-5,12,23H,2-3,6-11H2,1H3,(H,20,22). The second-order valence-electron chi connectivity index (χ2n) is 6.41. The van der Waals surface area contributed by atoms with E-state index in [2.05, 4.69) is 5.32 Å². The van der Waals surface area contributed by atoms with Crippen molar-refractivity contribution in [3.8, 4) is 0 Å². The first kappa shape index (κ1) is 17.8. The molecule has 0 bridgehead atoms. The van der Waals surface area contributed by atoms with Crippen molar-refractivity contribution in [1.82, 2.24) is 4.90 Å². The predicted octanol–water partition coefficient (Wildman–Crippen LogP) is 2.92. The second kappa shape index (κ2) is 7.84. The molecule has 0 radical (unpaired) electrons. The van der Waals surface area contributed by atoms with Gasteiger partial charge in [-0.15, -0.1) is 0 Å². The van der Waals surface area contributed by atoms with E-state index in [1.165, 1.54) is 6.07 Å². The number of nitrogens with zero attached hydrogens (tertiary/aromatic N) is 1. The van der Waals surface area contributed by atoms with Crippen molar-refractivity contribution in [2.24, 2.45) is 0 Å². The van der Waals surface area contributed by atoms with Crippen molar-refractivity contribution in [1.29, 1.82) is 0 Å². The molecule has 0 saturated heterocycles. The molecule has 1 aromatic rings. The lowest BCUT2D eigenvalue weighted by atomic mass is 9.98. The lowest BCUT2D eigenvalue weighted by Crippen LogP contribution is -2.32. The summed E-state index contributed by atoms with van der Waals surface area (Å²) in [5, 5.41) is 12.7. The molecule has 128 valence electrons. The van der Waals surface area contributed by atoms with Crippen molar-refractivity contribution in [3.63, 3.8) is 0 Å². The van der Waals surface area contributed by atoms with Gasteiger partial charge in [0.25, 0.3) is 0 Å². The smallest absolute Gasteiger partial charge is 0.225 e. The highest BCUT2D eigenvalue weighted by atomic mass is 19.1. The quantitative estimate of drug-likeness (QED) is 0.810. The molecule has 2 N–H and O–H groups in total. The van der Waals surface area contributed by atoms with Gasteiger partial charge in [0, 0.05) is 25.6 Å². The van der Waals surface area contributed by atoms with Crippen LogP contribution in [0.1, 0.15) is 38.5 Å². The molecule has 1 aliphatic carbocycles. The summed E-state index contributed by atoms with van der Waals surface area (Å²) in [4.78, 5) is 13.8. The minimum atomic E-state index is -0.782. The fourth-order valence-corrected chi connectivity index (χ4v) is 2.89. The lowest BCUT2D eigenvalue weighted by molar-refractivity contribution is -0.116. The number of amides is 1. The SMILES string of the molecule is CN(CCC(=O)Nc1ccc(F)cc1F)CCC1(O)CCCC1. The van der Waals surface area contributed by atoms with Crippen LogP contribution in [0.5, 0.6) is 0 Å².